The van der Waals surface area contributed by atoms with Gasteiger partial charge in [0.05, 0.1) is 20.1 Å². The van der Waals surface area contributed by atoms with Crippen molar-refractivity contribution in [1.82, 2.24) is 0 Å². The lowest BCUT2D eigenvalue weighted by atomic mass is 10.2. The first-order valence-electron chi connectivity index (χ1n) is 6.88. The molecule has 0 bridgehead atoms. The standard InChI is InChI=1S/C17H18O6/c1-4-22-16(19)11-12(2)17(20)23-14-8-5-13(6-9-14)7-10-15(18)21-3/h5-10H,2,4,11H2,1,3H3. The summed E-state index contributed by atoms with van der Waals surface area (Å²) in [6.45, 7) is 5.42. The van der Waals surface area contributed by atoms with E-state index in [1.165, 1.54) is 13.2 Å². The molecule has 0 fully saturated rings. The number of benzene rings is 1. The third kappa shape index (κ3) is 6.60. The summed E-state index contributed by atoms with van der Waals surface area (Å²) in [7, 11) is 1.29. The summed E-state index contributed by atoms with van der Waals surface area (Å²) in [6, 6.07) is 6.45. The monoisotopic (exact) mass is 318 g/mol. The van der Waals surface area contributed by atoms with Crippen LogP contribution in [-0.4, -0.2) is 31.6 Å². The molecular weight excluding hydrogens is 300 g/mol. The van der Waals surface area contributed by atoms with Crippen LogP contribution in [-0.2, 0) is 23.9 Å². The second-order valence-electron chi connectivity index (χ2n) is 4.40. The van der Waals surface area contributed by atoms with E-state index >= 15 is 0 Å². The first-order valence-corrected chi connectivity index (χ1v) is 6.88. The van der Waals surface area contributed by atoms with Crippen LogP contribution in [0.25, 0.3) is 6.08 Å². The zero-order valence-electron chi connectivity index (χ0n) is 13.0. The molecule has 122 valence electrons. The van der Waals surface area contributed by atoms with Crippen LogP contribution in [0.3, 0.4) is 0 Å². The first kappa shape index (κ1) is 18.2. The summed E-state index contributed by atoms with van der Waals surface area (Å²) in [4.78, 5) is 34.0. The lowest BCUT2D eigenvalue weighted by Gasteiger charge is -2.06. The van der Waals surface area contributed by atoms with Crippen LogP contribution in [0.15, 0.2) is 42.5 Å². The number of carbonyl (C=O) groups is 3. The van der Waals surface area contributed by atoms with Crippen LogP contribution in [0.5, 0.6) is 5.75 Å². The molecule has 0 N–H and O–H groups in total. The molecule has 0 atom stereocenters. The molecule has 0 aliphatic carbocycles. The lowest BCUT2D eigenvalue weighted by Crippen LogP contribution is -2.15. The molecule has 1 rings (SSSR count). The quantitative estimate of drug-likeness (QED) is 0.436. The molecular formula is C17H18O6. The number of ether oxygens (including phenoxy) is 3. The second kappa shape index (κ2) is 9.19. The molecule has 23 heavy (non-hydrogen) atoms. The van der Waals surface area contributed by atoms with E-state index in [9.17, 15) is 14.4 Å². The Morgan fingerprint density at radius 2 is 1.83 bits per heavy atom. The normalized spacial score (nSPS) is 10.2. The molecule has 0 amide bonds. The first-order chi connectivity index (χ1) is 11.0. The van der Waals surface area contributed by atoms with Gasteiger partial charge in [0, 0.05) is 11.6 Å². The van der Waals surface area contributed by atoms with Gasteiger partial charge < -0.3 is 14.2 Å². The van der Waals surface area contributed by atoms with Gasteiger partial charge >= 0.3 is 17.9 Å². The minimum absolute atomic E-state index is 0.0121. The van der Waals surface area contributed by atoms with Crippen molar-refractivity contribution in [3.63, 3.8) is 0 Å². The summed E-state index contributed by atoms with van der Waals surface area (Å²) in [6.07, 6.45) is 2.63. The highest BCUT2D eigenvalue weighted by molar-refractivity contribution is 5.94. The van der Waals surface area contributed by atoms with Crippen LogP contribution < -0.4 is 4.74 Å². The molecule has 1 aromatic carbocycles. The van der Waals surface area contributed by atoms with Crippen molar-refractivity contribution < 1.29 is 28.6 Å². The Hall–Kier alpha value is -2.89. The van der Waals surface area contributed by atoms with E-state index in [1.807, 2.05) is 0 Å². The predicted molar refractivity (Wildman–Crippen MR) is 83.5 cm³/mol. The molecule has 0 aliphatic rings. The Bertz CT molecular complexity index is 612. The molecule has 0 radical (unpaired) electrons. The van der Waals surface area contributed by atoms with Crippen LogP contribution in [0.1, 0.15) is 18.9 Å². The van der Waals surface area contributed by atoms with Gasteiger partial charge in [0.25, 0.3) is 0 Å². The average molecular weight is 318 g/mol. The van der Waals surface area contributed by atoms with Gasteiger partial charge in [-0.15, -0.1) is 0 Å². The largest absolute Gasteiger partial charge is 0.466 e. The van der Waals surface area contributed by atoms with Crippen molar-refractivity contribution in [3.8, 4) is 5.75 Å². The zero-order valence-corrected chi connectivity index (χ0v) is 13.0. The highest BCUT2D eigenvalue weighted by Gasteiger charge is 2.14. The van der Waals surface area contributed by atoms with Crippen molar-refractivity contribution in [1.29, 1.82) is 0 Å². The summed E-state index contributed by atoms with van der Waals surface area (Å²) >= 11 is 0. The summed E-state index contributed by atoms with van der Waals surface area (Å²) < 4.78 is 14.3. The third-order valence-electron chi connectivity index (χ3n) is 2.66. The molecule has 6 heteroatoms. The molecule has 0 aromatic heterocycles. The molecule has 0 saturated heterocycles. The highest BCUT2D eigenvalue weighted by Crippen LogP contribution is 2.15. The van der Waals surface area contributed by atoms with Gasteiger partial charge in [0.15, 0.2) is 0 Å². The van der Waals surface area contributed by atoms with E-state index in [0.29, 0.717) is 5.75 Å². The number of rotatable bonds is 7. The Morgan fingerprint density at radius 3 is 2.39 bits per heavy atom. The van der Waals surface area contributed by atoms with Gasteiger partial charge in [-0.1, -0.05) is 18.7 Å². The van der Waals surface area contributed by atoms with Gasteiger partial charge in [-0.25, -0.2) is 9.59 Å². The molecule has 0 saturated carbocycles. The number of hydrogen-bond donors (Lipinski definition) is 0. The number of methoxy groups -OCH3 is 1. The third-order valence-corrected chi connectivity index (χ3v) is 2.66. The lowest BCUT2D eigenvalue weighted by molar-refractivity contribution is -0.143. The van der Waals surface area contributed by atoms with Gasteiger partial charge in [-0.2, -0.15) is 0 Å². The van der Waals surface area contributed by atoms with E-state index in [1.54, 1.807) is 37.3 Å². The van der Waals surface area contributed by atoms with Crippen LogP contribution >= 0.6 is 0 Å². The molecule has 0 spiro atoms. The second-order valence-corrected chi connectivity index (χ2v) is 4.40. The van der Waals surface area contributed by atoms with Crippen molar-refractivity contribution in [2.75, 3.05) is 13.7 Å². The number of esters is 3. The Balaban J connectivity index is 2.59. The van der Waals surface area contributed by atoms with E-state index in [2.05, 4.69) is 11.3 Å². The van der Waals surface area contributed by atoms with Crippen molar-refractivity contribution >= 4 is 24.0 Å². The predicted octanol–water partition coefficient (Wildman–Crippen LogP) is 2.29. The van der Waals surface area contributed by atoms with Gasteiger partial charge in [-0.05, 0) is 30.7 Å². The SMILES string of the molecule is C=C(CC(=O)OCC)C(=O)Oc1ccc(C=CC(=O)OC)cc1. The van der Waals surface area contributed by atoms with Gasteiger partial charge in [-0.3, -0.25) is 4.79 Å². The topological polar surface area (TPSA) is 78.9 Å². The van der Waals surface area contributed by atoms with E-state index < -0.39 is 17.9 Å². The zero-order chi connectivity index (χ0) is 17.2. The maximum atomic E-state index is 11.8. The van der Waals surface area contributed by atoms with E-state index in [0.717, 1.165) is 5.56 Å². The summed E-state index contributed by atoms with van der Waals surface area (Å²) in [5, 5.41) is 0. The Labute approximate surface area is 134 Å². The van der Waals surface area contributed by atoms with Crippen molar-refractivity contribution in [2.45, 2.75) is 13.3 Å². The van der Waals surface area contributed by atoms with Crippen LogP contribution in [0.2, 0.25) is 0 Å². The minimum atomic E-state index is -0.698. The maximum absolute atomic E-state index is 11.8. The fourth-order valence-electron chi connectivity index (χ4n) is 1.52. The minimum Gasteiger partial charge on any atom is -0.466 e. The van der Waals surface area contributed by atoms with E-state index in [-0.39, 0.29) is 18.6 Å². The summed E-state index contributed by atoms with van der Waals surface area (Å²) in [5.41, 5.74) is 0.749. The number of hydrogen-bond acceptors (Lipinski definition) is 6. The average Bonchev–Trinajstić information content (AvgIpc) is 2.53. The van der Waals surface area contributed by atoms with Crippen molar-refractivity contribution in [2.24, 2.45) is 0 Å². The van der Waals surface area contributed by atoms with E-state index in [4.69, 9.17) is 9.47 Å². The fraction of sp³-hybridized carbons (Fsp3) is 0.235. The molecule has 6 nitrogen and oxygen atoms in total. The highest BCUT2D eigenvalue weighted by atomic mass is 16.5. The fourth-order valence-corrected chi connectivity index (χ4v) is 1.52. The Kier molecular flexibility index (Phi) is 7.26. The molecule has 0 heterocycles. The molecule has 1 aromatic rings. The van der Waals surface area contributed by atoms with Gasteiger partial charge in [0.2, 0.25) is 0 Å². The summed E-state index contributed by atoms with van der Waals surface area (Å²) in [5.74, 6) is -1.39. The number of carbonyl (C=O) groups excluding carboxylic acids is 3. The molecule has 0 unspecified atom stereocenters. The van der Waals surface area contributed by atoms with Crippen molar-refractivity contribution in [3.05, 3.63) is 48.1 Å². The van der Waals surface area contributed by atoms with Crippen LogP contribution in [0.4, 0.5) is 0 Å². The van der Waals surface area contributed by atoms with Crippen LogP contribution in [0, 0.1) is 0 Å². The Morgan fingerprint density at radius 1 is 1.17 bits per heavy atom. The smallest absolute Gasteiger partial charge is 0.339 e. The maximum Gasteiger partial charge on any atom is 0.339 e. The van der Waals surface area contributed by atoms with Gasteiger partial charge in [0.1, 0.15) is 5.75 Å². The molecule has 0 aliphatic heterocycles.